The van der Waals surface area contributed by atoms with Gasteiger partial charge in [0.1, 0.15) is 0 Å². The molecule has 1 N–H and O–H groups in total. The van der Waals surface area contributed by atoms with Gasteiger partial charge in [-0.2, -0.15) is 0 Å². The van der Waals surface area contributed by atoms with Crippen LogP contribution < -0.4 is 0 Å². The van der Waals surface area contributed by atoms with Gasteiger partial charge in [-0.1, -0.05) is 60.7 Å². The minimum Gasteiger partial charge on any atom is -0.396 e. The Hall–Kier alpha value is -1.64. The van der Waals surface area contributed by atoms with Gasteiger partial charge < -0.3 is 5.11 Å². The molecule has 2 aromatic carbocycles. The molecule has 0 saturated heterocycles. The Morgan fingerprint density at radius 2 is 1.17 bits per heavy atom. The molecule has 1 fully saturated rings. The summed E-state index contributed by atoms with van der Waals surface area (Å²) in [6, 6.07) is 21.6. The van der Waals surface area contributed by atoms with Gasteiger partial charge in [0.2, 0.25) is 0 Å². The van der Waals surface area contributed by atoms with Gasteiger partial charge in [-0.25, -0.2) is 0 Å². The van der Waals surface area contributed by atoms with Crippen molar-refractivity contribution >= 4 is 0 Å². The SMILES string of the molecule is OCC1CCC(CN(Cc2ccccc2)Cc2ccccc2)CC1. The topological polar surface area (TPSA) is 23.5 Å². The lowest BCUT2D eigenvalue weighted by molar-refractivity contribution is 0.135. The number of hydrogen-bond donors (Lipinski definition) is 1. The Morgan fingerprint density at radius 1 is 0.708 bits per heavy atom. The molecule has 0 aliphatic heterocycles. The maximum atomic E-state index is 9.34. The third kappa shape index (κ3) is 5.19. The standard InChI is InChI=1S/C22H29NO/c24-18-22-13-11-21(12-14-22)17-23(15-19-7-3-1-4-8-19)16-20-9-5-2-6-10-20/h1-10,21-22,24H,11-18H2. The molecule has 1 saturated carbocycles. The molecule has 0 heterocycles. The number of aliphatic hydroxyl groups excluding tert-OH is 1. The molecule has 2 nitrogen and oxygen atoms in total. The van der Waals surface area contributed by atoms with Crippen molar-refractivity contribution in [3.8, 4) is 0 Å². The highest BCUT2D eigenvalue weighted by Gasteiger charge is 2.22. The first-order chi connectivity index (χ1) is 11.8. The Kier molecular flexibility index (Phi) is 6.45. The molecule has 24 heavy (non-hydrogen) atoms. The second-order valence-corrected chi connectivity index (χ2v) is 7.21. The lowest BCUT2D eigenvalue weighted by Crippen LogP contribution is -2.31. The summed E-state index contributed by atoms with van der Waals surface area (Å²) in [5.41, 5.74) is 2.77. The molecule has 0 amide bonds. The Labute approximate surface area is 146 Å². The monoisotopic (exact) mass is 323 g/mol. The highest BCUT2D eigenvalue weighted by Crippen LogP contribution is 2.29. The van der Waals surface area contributed by atoms with E-state index in [1.54, 1.807) is 0 Å². The van der Waals surface area contributed by atoms with Crippen molar-refractivity contribution in [1.29, 1.82) is 0 Å². The highest BCUT2D eigenvalue weighted by molar-refractivity contribution is 5.17. The summed E-state index contributed by atoms with van der Waals surface area (Å²) < 4.78 is 0. The van der Waals surface area contributed by atoms with Crippen molar-refractivity contribution in [2.45, 2.75) is 38.8 Å². The van der Waals surface area contributed by atoms with Crippen LogP contribution in [-0.2, 0) is 13.1 Å². The third-order valence-corrected chi connectivity index (χ3v) is 5.24. The van der Waals surface area contributed by atoms with E-state index in [-0.39, 0.29) is 0 Å². The van der Waals surface area contributed by atoms with Crippen molar-refractivity contribution in [3.05, 3.63) is 71.8 Å². The second-order valence-electron chi connectivity index (χ2n) is 7.21. The predicted molar refractivity (Wildman–Crippen MR) is 99.5 cm³/mol. The van der Waals surface area contributed by atoms with E-state index in [1.165, 1.54) is 36.8 Å². The maximum Gasteiger partial charge on any atom is 0.0459 e. The molecule has 0 radical (unpaired) electrons. The van der Waals surface area contributed by atoms with Gasteiger partial charge >= 0.3 is 0 Å². The lowest BCUT2D eigenvalue weighted by atomic mass is 9.82. The molecule has 3 rings (SSSR count). The van der Waals surface area contributed by atoms with Gasteiger partial charge in [0.05, 0.1) is 0 Å². The molecule has 2 heteroatoms. The van der Waals surface area contributed by atoms with Gasteiger partial charge in [-0.15, -0.1) is 0 Å². The first-order valence-corrected chi connectivity index (χ1v) is 9.24. The first-order valence-electron chi connectivity index (χ1n) is 9.24. The minimum absolute atomic E-state index is 0.366. The first kappa shape index (κ1) is 17.2. The van der Waals surface area contributed by atoms with Crippen LogP contribution in [0.15, 0.2) is 60.7 Å². The number of hydrogen-bond acceptors (Lipinski definition) is 2. The summed E-state index contributed by atoms with van der Waals surface area (Å²) in [5, 5.41) is 9.34. The van der Waals surface area contributed by atoms with E-state index in [1.807, 2.05) is 0 Å². The minimum atomic E-state index is 0.366. The molecule has 128 valence electrons. The van der Waals surface area contributed by atoms with Crippen LogP contribution in [0.3, 0.4) is 0 Å². The average molecular weight is 323 g/mol. The average Bonchev–Trinajstić information content (AvgIpc) is 2.64. The van der Waals surface area contributed by atoms with Gasteiger partial charge in [0.15, 0.2) is 0 Å². The van der Waals surface area contributed by atoms with E-state index < -0.39 is 0 Å². The van der Waals surface area contributed by atoms with Crippen molar-refractivity contribution in [3.63, 3.8) is 0 Å². The zero-order valence-electron chi connectivity index (χ0n) is 14.5. The fraction of sp³-hybridized carbons (Fsp3) is 0.455. The number of nitrogens with zero attached hydrogens (tertiary/aromatic N) is 1. The molecule has 0 unspecified atom stereocenters. The van der Waals surface area contributed by atoms with E-state index in [0.29, 0.717) is 12.5 Å². The van der Waals surface area contributed by atoms with Gasteiger partial charge in [-0.3, -0.25) is 4.90 Å². The second kappa shape index (κ2) is 9.00. The Balaban J connectivity index is 1.63. The summed E-state index contributed by atoms with van der Waals surface area (Å²) in [5.74, 6) is 1.30. The Morgan fingerprint density at radius 3 is 1.62 bits per heavy atom. The summed E-state index contributed by atoms with van der Waals surface area (Å²) >= 11 is 0. The Bertz CT molecular complexity index is 534. The van der Waals surface area contributed by atoms with Crippen LogP contribution >= 0.6 is 0 Å². The van der Waals surface area contributed by atoms with Crippen molar-refractivity contribution in [1.82, 2.24) is 4.90 Å². The fourth-order valence-corrected chi connectivity index (χ4v) is 3.83. The zero-order chi connectivity index (χ0) is 16.6. The van der Waals surface area contributed by atoms with E-state index in [9.17, 15) is 5.11 Å². The van der Waals surface area contributed by atoms with Crippen molar-refractivity contribution in [2.75, 3.05) is 13.2 Å². The number of aliphatic hydroxyl groups is 1. The van der Waals surface area contributed by atoms with Crippen LogP contribution in [0.25, 0.3) is 0 Å². The molecule has 1 aliphatic rings. The number of rotatable bonds is 7. The molecular formula is C22H29NO. The van der Waals surface area contributed by atoms with E-state index >= 15 is 0 Å². The highest BCUT2D eigenvalue weighted by atomic mass is 16.3. The zero-order valence-corrected chi connectivity index (χ0v) is 14.5. The van der Waals surface area contributed by atoms with Crippen LogP contribution in [-0.4, -0.2) is 23.2 Å². The van der Waals surface area contributed by atoms with Crippen LogP contribution in [0.4, 0.5) is 0 Å². The van der Waals surface area contributed by atoms with Gasteiger partial charge in [0.25, 0.3) is 0 Å². The molecule has 0 atom stereocenters. The van der Waals surface area contributed by atoms with Crippen molar-refractivity contribution in [2.24, 2.45) is 11.8 Å². The summed E-state index contributed by atoms with van der Waals surface area (Å²) in [6.07, 6.45) is 4.88. The molecule has 2 aromatic rings. The van der Waals surface area contributed by atoms with Crippen LogP contribution in [0, 0.1) is 11.8 Å². The molecular weight excluding hydrogens is 294 g/mol. The number of benzene rings is 2. The van der Waals surface area contributed by atoms with Crippen LogP contribution in [0.5, 0.6) is 0 Å². The van der Waals surface area contributed by atoms with E-state index in [4.69, 9.17) is 0 Å². The van der Waals surface area contributed by atoms with Crippen molar-refractivity contribution < 1.29 is 5.11 Å². The largest absolute Gasteiger partial charge is 0.396 e. The van der Waals surface area contributed by atoms with Crippen LogP contribution in [0.1, 0.15) is 36.8 Å². The molecule has 0 bridgehead atoms. The molecule has 0 spiro atoms. The lowest BCUT2D eigenvalue weighted by Gasteiger charge is -2.32. The normalized spacial score (nSPS) is 21.1. The summed E-state index contributed by atoms with van der Waals surface area (Å²) in [6.45, 7) is 3.54. The van der Waals surface area contributed by atoms with E-state index in [2.05, 4.69) is 65.6 Å². The molecule has 1 aliphatic carbocycles. The van der Waals surface area contributed by atoms with Crippen LogP contribution in [0.2, 0.25) is 0 Å². The third-order valence-electron chi connectivity index (χ3n) is 5.24. The molecule has 0 aromatic heterocycles. The quantitative estimate of drug-likeness (QED) is 0.811. The van der Waals surface area contributed by atoms with Gasteiger partial charge in [-0.05, 0) is 48.6 Å². The smallest absolute Gasteiger partial charge is 0.0459 e. The fourth-order valence-electron chi connectivity index (χ4n) is 3.83. The predicted octanol–water partition coefficient (Wildman–Crippen LogP) is 4.49. The maximum absolute atomic E-state index is 9.34. The van der Waals surface area contributed by atoms with Gasteiger partial charge in [0, 0.05) is 26.2 Å². The van der Waals surface area contributed by atoms with E-state index in [0.717, 1.165) is 25.6 Å². The summed E-state index contributed by atoms with van der Waals surface area (Å²) in [7, 11) is 0. The summed E-state index contributed by atoms with van der Waals surface area (Å²) in [4.78, 5) is 2.59.